The summed E-state index contributed by atoms with van der Waals surface area (Å²) in [6, 6.07) is 14.5. The Balaban J connectivity index is 1.91. The number of carbonyl (C=O) groups excluding carboxylic acids is 1. The molecule has 0 radical (unpaired) electrons. The van der Waals surface area contributed by atoms with Gasteiger partial charge in [-0.15, -0.1) is 0 Å². The molecule has 1 atom stereocenters. The molecule has 144 valence electrons. The molecule has 2 heterocycles. The van der Waals surface area contributed by atoms with Crippen LogP contribution in [0.5, 0.6) is 0 Å². The molecule has 1 aliphatic rings. The molecular weight excluding hydrogens is 336 g/mol. The minimum Gasteiger partial charge on any atom is -0.370 e. The molecule has 3 rings (SSSR count). The van der Waals surface area contributed by atoms with E-state index in [2.05, 4.69) is 59.7 Å². The maximum atomic E-state index is 12.8. The van der Waals surface area contributed by atoms with E-state index < -0.39 is 5.41 Å². The van der Waals surface area contributed by atoms with Gasteiger partial charge in [0.1, 0.15) is 11.2 Å². The van der Waals surface area contributed by atoms with E-state index in [0.717, 1.165) is 36.7 Å². The van der Waals surface area contributed by atoms with Crippen LogP contribution in [0.4, 0.5) is 5.82 Å². The summed E-state index contributed by atoms with van der Waals surface area (Å²) < 4.78 is 0. The molecule has 2 aromatic rings. The molecule has 2 N–H and O–H groups in total. The maximum Gasteiger partial charge on any atom is 0.233 e. The summed E-state index contributed by atoms with van der Waals surface area (Å²) in [5.41, 5.74) is 2.59. The lowest BCUT2D eigenvalue weighted by molar-refractivity contribution is -0.127. The predicted molar refractivity (Wildman–Crippen MR) is 110 cm³/mol. The van der Waals surface area contributed by atoms with Gasteiger partial charge in [0, 0.05) is 33.2 Å². The number of nitrogens with one attached hydrogen (secondary N) is 2. The average molecular weight is 367 g/mol. The highest BCUT2D eigenvalue weighted by Gasteiger charge is 2.43. The summed E-state index contributed by atoms with van der Waals surface area (Å²) in [5, 5.41) is 6.23. The van der Waals surface area contributed by atoms with Gasteiger partial charge >= 0.3 is 0 Å². The van der Waals surface area contributed by atoms with Crippen LogP contribution >= 0.6 is 0 Å². The number of anilines is 1. The first kappa shape index (κ1) is 19.4. The van der Waals surface area contributed by atoms with Crippen molar-refractivity contribution in [2.45, 2.75) is 39.3 Å². The summed E-state index contributed by atoms with van der Waals surface area (Å²) in [7, 11) is 1.70. The summed E-state index contributed by atoms with van der Waals surface area (Å²) in [6.07, 6.45) is 0. The average Bonchev–Trinajstić information content (AvgIpc) is 2.66. The second kappa shape index (κ2) is 8.09. The van der Waals surface area contributed by atoms with Crippen molar-refractivity contribution in [1.29, 1.82) is 0 Å². The van der Waals surface area contributed by atoms with Crippen molar-refractivity contribution in [1.82, 2.24) is 15.2 Å². The summed E-state index contributed by atoms with van der Waals surface area (Å²) in [6.45, 7) is 9.47. The van der Waals surface area contributed by atoms with Crippen molar-refractivity contribution in [3.05, 3.63) is 59.3 Å². The van der Waals surface area contributed by atoms with Crippen LogP contribution in [0, 0.1) is 5.92 Å². The van der Waals surface area contributed by atoms with E-state index in [-0.39, 0.29) is 5.91 Å². The largest absolute Gasteiger partial charge is 0.370 e. The highest BCUT2D eigenvalue weighted by atomic mass is 16.2. The SMILES string of the molecule is CNC(=O)C1(C)CN(Cc2ccccc2)Cc2ccc(NCC(C)C)nc21. The van der Waals surface area contributed by atoms with Gasteiger partial charge in [-0.2, -0.15) is 0 Å². The number of hydrogen-bond acceptors (Lipinski definition) is 4. The number of rotatable bonds is 6. The number of hydrogen-bond donors (Lipinski definition) is 2. The molecule has 0 saturated carbocycles. The van der Waals surface area contributed by atoms with E-state index in [4.69, 9.17) is 4.98 Å². The molecule has 1 aromatic heterocycles. The monoisotopic (exact) mass is 366 g/mol. The third kappa shape index (κ3) is 4.30. The van der Waals surface area contributed by atoms with E-state index in [1.165, 1.54) is 5.56 Å². The normalized spacial score (nSPS) is 19.6. The topological polar surface area (TPSA) is 57.3 Å². The first-order chi connectivity index (χ1) is 12.9. The standard InChI is InChI=1S/C22H30N4O/c1-16(2)12-24-19-11-10-18-14-26(13-17-8-6-5-7-9-17)15-22(3,20(18)25-19)21(27)23-4/h5-11,16H,12-15H2,1-4H3,(H,23,27)(H,24,25). The van der Waals surface area contributed by atoms with Crippen molar-refractivity contribution in [3.8, 4) is 0 Å². The first-order valence-corrected chi connectivity index (χ1v) is 9.65. The van der Waals surface area contributed by atoms with E-state index >= 15 is 0 Å². The Morgan fingerprint density at radius 2 is 1.96 bits per heavy atom. The molecule has 1 amide bonds. The van der Waals surface area contributed by atoms with E-state index in [1.54, 1.807) is 7.05 Å². The van der Waals surface area contributed by atoms with E-state index in [1.807, 2.05) is 19.1 Å². The molecule has 0 fully saturated rings. The minimum atomic E-state index is -0.674. The summed E-state index contributed by atoms with van der Waals surface area (Å²) in [5.74, 6) is 1.39. The van der Waals surface area contributed by atoms with Crippen LogP contribution in [0.25, 0.3) is 0 Å². The number of aromatic nitrogens is 1. The third-order valence-corrected chi connectivity index (χ3v) is 5.10. The van der Waals surface area contributed by atoms with Crippen LogP contribution in [-0.2, 0) is 23.3 Å². The lowest BCUT2D eigenvalue weighted by Gasteiger charge is -2.40. The molecule has 0 spiro atoms. The number of benzene rings is 1. The highest BCUT2D eigenvalue weighted by Crippen LogP contribution is 2.34. The number of carbonyl (C=O) groups is 1. The number of likely N-dealkylation sites (N-methyl/N-ethyl adjacent to an activating group) is 1. The fourth-order valence-corrected chi connectivity index (χ4v) is 3.73. The van der Waals surface area contributed by atoms with Gasteiger partial charge in [0.25, 0.3) is 0 Å². The Morgan fingerprint density at radius 3 is 2.63 bits per heavy atom. The predicted octanol–water partition coefficient (Wildman–Crippen LogP) is 3.17. The van der Waals surface area contributed by atoms with Gasteiger partial charge in [0.15, 0.2) is 0 Å². The lowest BCUT2D eigenvalue weighted by Crippen LogP contribution is -2.52. The Morgan fingerprint density at radius 1 is 1.22 bits per heavy atom. The quantitative estimate of drug-likeness (QED) is 0.824. The Bertz CT molecular complexity index is 790. The van der Waals surface area contributed by atoms with E-state index in [0.29, 0.717) is 12.5 Å². The fourth-order valence-electron chi connectivity index (χ4n) is 3.73. The maximum absolute atomic E-state index is 12.8. The molecule has 1 aliphatic heterocycles. The van der Waals surface area contributed by atoms with Gasteiger partial charge in [-0.1, -0.05) is 50.2 Å². The van der Waals surface area contributed by atoms with Crippen molar-refractivity contribution in [3.63, 3.8) is 0 Å². The molecule has 0 aliphatic carbocycles. The molecular formula is C22H30N4O. The van der Waals surface area contributed by atoms with Crippen molar-refractivity contribution in [2.75, 3.05) is 25.5 Å². The highest BCUT2D eigenvalue weighted by molar-refractivity contribution is 5.88. The van der Waals surface area contributed by atoms with Crippen molar-refractivity contribution < 1.29 is 4.79 Å². The van der Waals surface area contributed by atoms with Gasteiger partial charge in [0.2, 0.25) is 5.91 Å². The molecule has 0 saturated heterocycles. The molecule has 1 unspecified atom stereocenters. The second-order valence-electron chi connectivity index (χ2n) is 8.02. The summed E-state index contributed by atoms with van der Waals surface area (Å²) >= 11 is 0. The smallest absolute Gasteiger partial charge is 0.233 e. The van der Waals surface area contributed by atoms with Crippen LogP contribution in [0.1, 0.15) is 37.6 Å². The van der Waals surface area contributed by atoms with Gasteiger partial charge < -0.3 is 10.6 Å². The van der Waals surface area contributed by atoms with Gasteiger partial charge in [-0.05, 0) is 30.0 Å². The number of fused-ring (bicyclic) bond motifs is 1. The number of pyridine rings is 1. The number of amides is 1. The van der Waals surface area contributed by atoms with Crippen LogP contribution in [0.3, 0.4) is 0 Å². The van der Waals surface area contributed by atoms with Crippen molar-refractivity contribution >= 4 is 11.7 Å². The first-order valence-electron chi connectivity index (χ1n) is 9.65. The Kier molecular flexibility index (Phi) is 5.80. The minimum absolute atomic E-state index is 0.00928. The second-order valence-corrected chi connectivity index (χ2v) is 8.02. The zero-order chi connectivity index (χ0) is 19.4. The molecule has 27 heavy (non-hydrogen) atoms. The summed E-state index contributed by atoms with van der Waals surface area (Å²) in [4.78, 5) is 20.0. The van der Waals surface area contributed by atoms with Crippen LogP contribution < -0.4 is 10.6 Å². The van der Waals surface area contributed by atoms with Crippen LogP contribution in [0.15, 0.2) is 42.5 Å². The fraction of sp³-hybridized carbons (Fsp3) is 0.455. The zero-order valence-corrected chi connectivity index (χ0v) is 16.7. The zero-order valence-electron chi connectivity index (χ0n) is 16.7. The lowest BCUT2D eigenvalue weighted by atomic mass is 9.79. The van der Waals surface area contributed by atoms with Crippen molar-refractivity contribution in [2.24, 2.45) is 5.92 Å². The van der Waals surface area contributed by atoms with Gasteiger partial charge in [-0.3, -0.25) is 9.69 Å². The van der Waals surface area contributed by atoms with Crippen LogP contribution in [-0.4, -0.2) is 35.9 Å². The van der Waals surface area contributed by atoms with Crippen LogP contribution in [0.2, 0.25) is 0 Å². The van der Waals surface area contributed by atoms with E-state index in [9.17, 15) is 4.79 Å². The van der Waals surface area contributed by atoms with Gasteiger partial charge in [-0.25, -0.2) is 4.98 Å². The Hall–Kier alpha value is -2.40. The Labute approximate surface area is 162 Å². The third-order valence-electron chi connectivity index (χ3n) is 5.10. The number of nitrogens with zero attached hydrogens (tertiary/aromatic N) is 2. The molecule has 1 aromatic carbocycles. The molecule has 0 bridgehead atoms. The molecule has 5 heteroatoms. The molecule has 5 nitrogen and oxygen atoms in total. The van der Waals surface area contributed by atoms with Gasteiger partial charge in [0.05, 0.1) is 5.69 Å².